The van der Waals surface area contributed by atoms with Crippen LogP contribution in [0.5, 0.6) is 0 Å². The second-order valence-electron chi connectivity index (χ2n) is 11.2. The fourth-order valence-corrected chi connectivity index (χ4v) is 5.42. The van der Waals surface area contributed by atoms with E-state index in [4.69, 9.17) is 0 Å². The molecule has 2 aliphatic rings. The van der Waals surface area contributed by atoms with Crippen molar-refractivity contribution in [2.24, 2.45) is 0 Å². The number of benzene rings is 1. The van der Waals surface area contributed by atoms with Crippen LogP contribution in [-0.4, -0.2) is 89.3 Å². The first kappa shape index (κ1) is 31.0. The summed E-state index contributed by atoms with van der Waals surface area (Å²) < 4.78 is 64.8. The van der Waals surface area contributed by atoms with E-state index in [0.29, 0.717) is 0 Å². The van der Waals surface area contributed by atoms with Crippen LogP contribution in [-0.2, 0) is 20.2 Å². The summed E-state index contributed by atoms with van der Waals surface area (Å²) in [5.74, 6) is 0. The van der Waals surface area contributed by atoms with Gasteiger partial charge in [0.1, 0.15) is 20.2 Å². The standard InChI is InChI=1S/2C9H20N.C6H6O6S2/c2*1-10(2,3)9-7-5-4-6-8-9;7-13(8,9)5-1-2-6(4-3-5)14(10,11)12/h2*9H,4-8H2,1-3H3;1-4H,(H,7,8,9)(H,10,11,12)/q2*+1;/p-2. The number of rotatable bonds is 4. The number of quaternary nitrogens is 2. The van der Waals surface area contributed by atoms with Crippen LogP contribution in [0.3, 0.4) is 0 Å². The molecule has 1 aromatic rings. The van der Waals surface area contributed by atoms with Crippen LogP contribution in [0.4, 0.5) is 0 Å². The van der Waals surface area contributed by atoms with E-state index in [1.165, 1.54) is 73.2 Å². The zero-order chi connectivity index (χ0) is 26.2. The first-order chi connectivity index (χ1) is 15.4. The smallest absolute Gasteiger partial charge is 0.124 e. The van der Waals surface area contributed by atoms with Crippen molar-refractivity contribution in [1.82, 2.24) is 0 Å². The molecule has 0 aromatic heterocycles. The fraction of sp³-hybridized carbons (Fsp3) is 0.750. The molecule has 2 saturated carbocycles. The topological polar surface area (TPSA) is 114 Å². The molecule has 0 bridgehead atoms. The third-order valence-electron chi connectivity index (χ3n) is 6.74. The first-order valence-corrected chi connectivity index (χ1v) is 14.9. The van der Waals surface area contributed by atoms with Gasteiger partial charge < -0.3 is 18.1 Å². The summed E-state index contributed by atoms with van der Waals surface area (Å²) in [6.45, 7) is 0. The summed E-state index contributed by atoms with van der Waals surface area (Å²) in [5.41, 5.74) is 0. The Balaban J connectivity index is 0.000000261. The van der Waals surface area contributed by atoms with Gasteiger partial charge in [0.25, 0.3) is 0 Å². The Labute approximate surface area is 207 Å². The van der Waals surface area contributed by atoms with E-state index >= 15 is 0 Å². The van der Waals surface area contributed by atoms with Crippen molar-refractivity contribution in [3.63, 3.8) is 0 Å². The maximum atomic E-state index is 10.4. The molecule has 0 spiro atoms. The summed E-state index contributed by atoms with van der Waals surface area (Å²) in [5, 5.41) is 0. The third kappa shape index (κ3) is 11.6. The molecule has 10 heteroatoms. The lowest BCUT2D eigenvalue weighted by molar-refractivity contribution is -0.897. The van der Waals surface area contributed by atoms with Crippen molar-refractivity contribution >= 4 is 20.2 Å². The lowest BCUT2D eigenvalue weighted by Gasteiger charge is -2.36. The molecule has 0 atom stereocenters. The second-order valence-corrected chi connectivity index (χ2v) is 14.0. The predicted octanol–water partition coefficient (Wildman–Crippen LogP) is 3.55. The highest BCUT2D eigenvalue weighted by Crippen LogP contribution is 2.24. The van der Waals surface area contributed by atoms with Crippen LogP contribution in [0.1, 0.15) is 64.2 Å². The average molecular weight is 521 g/mol. The van der Waals surface area contributed by atoms with E-state index in [-0.39, 0.29) is 0 Å². The van der Waals surface area contributed by atoms with Gasteiger partial charge in [0, 0.05) is 0 Å². The molecule has 0 heterocycles. The van der Waals surface area contributed by atoms with E-state index in [1.807, 2.05) is 0 Å². The molecule has 0 aliphatic heterocycles. The number of hydrogen-bond donors (Lipinski definition) is 0. The molecular weight excluding hydrogens is 476 g/mol. The summed E-state index contributed by atoms with van der Waals surface area (Å²) in [4.78, 5) is -1.16. The van der Waals surface area contributed by atoms with E-state index < -0.39 is 30.0 Å². The summed E-state index contributed by atoms with van der Waals surface area (Å²) in [7, 11) is 4.67. The molecule has 0 unspecified atom stereocenters. The SMILES string of the molecule is C[N+](C)(C)C1CCCCC1.C[N+](C)(C)C1CCCCC1.O=S(=O)([O-])c1ccc(S(=O)(=O)[O-])cc1. The van der Waals surface area contributed by atoms with Crippen molar-refractivity contribution in [2.75, 3.05) is 42.3 Å². The van der Waals surface area contributed by atoms with Gasteiger partial charge in [-0.2, -0.15) is 0 Å². The quantitative estimate of drug-likeness (QED) is 0.443. The number of hydrogen-bond acceptors (Lipinski definition) is 6. The molecule has 198 valence electrons. The Morgan fingerprint density at radius 2 is 0.794 bits per heavy atom. The van der Waals surface area contributed by atoms with Gasteiger partial charge in [-0.25, -0.2) is 16.8 Å². The summed E-state index contributed by atoms with van der Waals surface area (Å²) >= 11 is 0. The third-order valence-corrected chi connectivity index (χ3v) is 8.44. The van der Waals surface area contributed by atoms with E-state index in [0.717, 1.165) is 36.3 Å². The molecule has 3 rings (SSSR count). The van der Waals surface area contributed by atoms with Gasteiger partial charge in [0.15, 0.2) is 0 Å². The maximum absolute atomic E-state index is 10.4. The van der Waals surface area contributed by atoms with Gasteiger partial charge in [-0.15, -0.1) is 0 Å². The highest BCUT2D eigenvalue weighted by Gasteiger charge is 2.25. The zero-order valence-corrected chi connectivity index (χ0v) is 23.3. The minimum absolute atomic E-state index is 0.579. The molecule has 0 saturated heterocycles. The highest BCUT2D eigenvalue weighted by molar-refractivity contribution is 7.86. The minimum atomic E-state index is -4.61. The van der Waals surface area contributed by atoms with E-state index in [9.17, 15) is 25.9 Å². The Morgan fingerprint density at radius 1 is 0.559 bits per heavy atom. The monoisotopic (exact) mass is 520 g/mol. The van der Waals surface area contributed by atoms with Gasteiger partial charge in [0.2, 0.25) is 0 Å². The molecule has 34 heavy (non-hydrogen) atoms. The van der Waals surface area contributed by atoms with Crippen LogP contribution in [0, 0.1) is 0 Å². The van der Waals surface area contributed by atoms with Crippen LogP contribution in [0.15, 0.2) is 34.1 Å². The average Bonchev–Trinajstić information content (AvgIpc) is 2.74. The fourth-order valence-electron chi connectivity index (χ4n) is 4.48. The van der Waals surface area contributed by atoms with Crippen LogP contribution >= 0.6 is 0 Å². The largest absolute Gasteiger partial charge is 0.744 e. The number of nitrogens with zero attached hydrogens (tertiary/aromatic N) is 2. The molecular formula is C24H44N2O6S2. The van der Waals surface area contributed by atoms with Gasteiger partial charge in [-0.1, -0.05) is 12.8 Å². The molecule has 0 amide bonds. The van der Waals surface area contributed by atoms with Crippen molar-refractivity contribution in [3.8, 4) is 0 Å². The van der Waals surface area contributed by atoms with Gasteiger partial charge in [-0.05, 0) is 75.6 Å². The first-order valence-electron chi connectivity index (χ1n) is 12.1. The molecule has 0 N–H and O–H groups in total. The Hall–Kier alpha value is -1.04. The Morgan fingerprint density at radius 3 is 0.941 bits per heavy atom. The predicted molar refractivity (Wildman–Crippen MR) is 132 cm³/mol. The van der Waals surface area contributed by atoms with Crippen LogP contribution in [0.25, 0.3) is 0 Å². The summed E-state index contributed by atoms with van der Waals surface area (Å²) in [6, 6.07) is 4.96. The lowest BCUT2D eigenvalue weighted by Crippen LogP contribution is -2.45. The molecule has 0 radical (unpaired) electrons. The van der Waals surface area contributed by atoms with Gasteiger partial charge in [0.05, 0.1) is 64.2 Å². The zero-order valence-electron chi connectivity index (χ0n) is 21.7. The molecule has 2 fully saturated rings. The normalized spacial score (nSPS) is 18.8. The minimum Gasteiger partial charge on any atom is -0.744 e. The lowest BCUT2D eigenvalue weighted by atomic mass is 9.94. The van der Waals surface area contributed by atoms with Gasteiger partial charge >= 0.3 is 0 Å². The second kappa shape index (κ2) is 12.8. The van der Waals surface area contributed by atoms with Gasteiger partial charge in [-0.3, -0.25) is 0 Å². The summed E-state index contributed by atoms with van der Waals surface area (Å²) in [6.07, 6.45) is 14.6. The Bertz CT molecular complexity index is 856. The maximum Gasteiger partial charge on any atom is 0.124 e. The molecule has 1 aromatic carbocycles. The molecule has 8 nitrogen and oxygen atoms in total. The van der Waals surface area contributed by atoms with E-state index in [2.05, 4.69) is 42.3 Å². The Kier molecular flexibility index (Phi) is 11.6. The highest BCUT2D eigenvalue weighted by atomic mass is 32.2. The molecule has 2 aliphatic carbocycles. The van der Waals surface area contributed by atoms with Crippen molar-refractivity contribution in [1.29, 1.82) is 0 Å². The van der Waals surface area contributed by atoms with Crippen molar-refractivity contribution in [3.05, 3.63) is 24.3 Å². The van der Waals surface area contributed by atoms with E-state index in [1.54, 1.807) is 0 Å². The van der Waals surface area contributed by atoms with Crippen molar-refractivity contribution in [2.45, 2.75) is 86.1 Å². The van der Waals surface area contributed by atoms with Crippen molar-refractivity contribution < 1.29 is 34.9 Å². The van der Waals surface area contributed by atoms with Crippen LogP contribution in [0.2, 0.25) is 0 Å². The van der Waals surface area contributed by atoms with Crippen LogP contribution < -0.4 is 0 Å².